The van der Waals surface area contributed by atoms with Gasteiger partial charge in [-0.15, -0.1) is 0 Å². The topological polar surface area (TPSA) is 64.9 Å². The quantitative estimate of drug-likeness (QED) is 0.879. The second-order valence-electron chi connectivity index (χ2n) is 4.39. The second-order valence-corrected chi connectivity index (χ2v) is 5.38. The van der Waals surface area contributed by atoms with Crippen LogP contribution >= 0.6 is 11.8 Å². The molecule has 4 nitrogen and oxygen atoms in total. The zero-order valence-electron chi connectivity index (χ0n) is 11.3. The van der Waals surface area contributed by atoms with Crippen LogP contribution in [0.5, 0.6) is 0 Å². The van der Waals surface area contributed by atoms with E-state index in [0.29, 0.717) is 11.7 Å². The Morgan fingerprint density at radius 1 is 1.32 bits per heavy atom. The van der Waals surface area contributed by atoms with E-state index >= 15 is 0 Å². The Bertz CT molecular complexity index is 510. The molecule has 0 bridgehead atoms. The molecule has 0 fully saturated rings. The maximum absolute atomic E-state index is 6.01. The van der Waals surface area contributed by atoms with E-state index in [1.54, 1.807) is 11.8 Å². The molecule has 1 aromatic carbocycles. The largest absolute Gasteiger partial charge is 0.337 e. The van der Waals surface area contributed by atoms with Crippen molar-refractivity contribution in [2.45, 2.75) is 25.8 Å². The molecule has 1 heterocycles. The van der Waals surface area contributed by atoms with Crippen molar-refractivity contribution in [3.8, 4) is 11.4 Å². The molecule has 0 aliphatic carbocycles. The smallest absolute Gasteiger partial charge is 0.243 e. The van der Waals surface area contributed by atoms with E-state index in [1.807, 2.05) is 12.1 Å². The highest BCUT2D eigenvalue weighted by Gasteiger charge is 2.15. The Hall–Kier alpha value is -1.33. The summed E-state index contributed by atoms with van der Waals surface area (Å²) in [5.41, 5.74) is 8.27. The molecule has 0 aliphatic rings. The van der Waals surface area contributed by atoms with Crippen LogP contribution in [0.25, 0.3) is 11.4 Å². The third kappa shape index (κ3) is 3.58. The van der Waals surface area contributed by atoms with Crippen LogP contribution in [-0.4, -0.2) is 22.1 Å². The Balaban J connectivity index is 2.11. The first-order valence-electron chi connectivity index (χ1n) is 6.42. The number of thioether (sulfide) groups is 1. The molecule has 0 amide bonds. The van der Waals surface area contributed by atoms with Crippen LogP contribution in [0.1, 0.15) is 30.8 Å². The first-order valence-corrected chi connectivity index (χ1v) is 7.81. The highest BCUT2D eigenvalue weighted by atomic mass is 32.2. The number of nitrogens with two attached hydrogens (primary N) is 1. The van der Waals surface area contributed by atoms with E-state index < -0.39 is 0 Å². The highest BCUT2D eigenvalue weighted by Crippen LogP contribution is 2.20. The van der Waals surface area contributed by atoms with E-state index in [1.165, 1.54) is 5.56 Å². The van der Waals surface area contributed by atoms with Crippen molar-refractivity contribution < 1.29 is 4.52 Å². The first-order chi connectivity index (χ1) is 9.24. The standard InChI is InChI=1S/C14H19N3OS/c1-3-10-4-6-11(7-5-10)13-16-14(18-17-13)12(15)8-9-19-2/h4-7,12H,3,8-9,15H2,1-2H3/t12-/m1/s1. The Kier molecular flexibility index (Phi) is 4.99. The van der Waals surface area contributed by atoms with Gasteiger partial charge in [-0.3, -0.25) is 0 Å². The maximum Gasteiger partial charge on any atom is 0.243 e. The number of nitrogens with zero attached hydrogens (tertiary/aromatic N) is 2. The van der Waals surface area contributed by atoms with Crippen molar-refractivity contribution in [1.82, 2.24) is 10.1 Å². The summed E-state index contributed by atoms with van der Waals surface area (Å²) in [5, 5.41) is 4.00. The third-order valence-electron chi connectivity index (χ3n) is 3.01. The lowest BCUT2D eigenvalue weighted by molar-refractivity contribution is 0.353. The molecule has 1 atom stereocenters. The van der Waals surface area contributed by atoms with Crippen LogP contribution in [0, 0.1) is 0 Å². The second kappa shape index (κ2) is 6.73. The average molecular weight is 277 g/mol. The molecule has 19 heavy (non-hydrogen) atoms. The van der Waals surface area contributed by atoms with Crippen LogP contribution in [0.4, 0.5) is 0 Å². The molecule has 0 unspecified atom stereocenters. The van der Waals surface area contributed by atoms with E-state index in [-0.39, 0.29) is 6.04 Å². The van der Waals surface area contributed by atoms with Crippen molar-refractivity contribution in [3.63, 3.8) is 0 Å². The van der Waals surface area contributed by atoms with Gasteiger partial charge in [0.1, 0.15) is 0 Å². The number of hydrogen-bond donors (Lipinski definition) is 1. The molecule has 102 valence electrons. The number of aryl methyl sites for hydroxylation is 1. The van der Waals surface area contributed by atoms with E-state index in [4.69, 9.17) is 10.3 Å². The summed E-state index contributed by atoms with van der Waals surface area (Å²) >= 11 is 1.76. The maximum atomic E-state index is 6.01. The van der Waals surface area contributed by atoms with Gasteiger partial charge >= 0.3 is 0 Å². The molecule has 5 heteroatoms. The Morgan fingerprint density at radius 3 is 2.68 bits per heavy atom. The third-order valence-corrected chi connectivity index (χ3v) is 3.66. The lowest BCUT2D eigenvalue weighted by atomic mass is 10.1. The molecule has 1 aromatic heterocycles. The van der Waals surface area contributed by atoms with Gasteiger partial charge in [-0.05, 0) is 30.4 Å². The van der Waals surface area contributed by atoms with Gasteiger partial charge in [-0.1, -0.05) is 36.3 Å². The van der Waals surface area contributed by atoms with Crippen molar-refractivity contribution in [2.75, 3.05) is 12.0 Å². The van der Waals surface area contributed by atoms with Crippen molar-refractivity contribution in [3.05, 3.63) is 35.7 Å². The molecule has 0 radical (unpaired) electrons. The molecular formula is C14H19N3OS. The number of rotatable bonds is 6. The fourth-order valence-electron chi connectivity index (χ4n) is 1.76. The SMILES string of the molecule is CCc1ccc(-c2noc([C@H](N)CCSC)n2)cc1. The minimum atomic E-state index is -0.177. The molecule has 2 aromatic rings. The number of aromatic nitrogens is 2. The Labute approximate surface area is 117 Å². The summed E-state index contributed by atoms with van der Waals surface area (Å²) in [7, 11) is 0. The number of hydrogen-bond acceptors (Lipinski definition) is 5. The summed E-state index contributed by atoms with van der Waals surface area (Å²) in [4.78, 5) is 4.38. The van der Waals surface area contributed by atoms with Gasteiger partial charge in [0.2, 0.25) is 11.7 Å². The summed E-state index contributed by atoms with van der Waals surface area (Å²) in [6, 6.07) is 8.02. The lowest BCUT2D eigenvalue weighted by Gasteiger charge is -2.03. The fraction of sp³-hybridized carbons (Fsp3) is 0.429. The van der Waals surface area contributed by atoms with E-state index in [2.05, 4.69) is 35.5 Å². The minimum absolute atomic E-state index is 0.177. The van der Waals surface area contributed by atoms with Crippen LogP contribution in [-0.2, 0) is 6.42 Å². The lowest BCUT2D eigenvalue weighted by Crippen LogP contribution is -2.11. The predicted octanol–water partition coefficient (Wildman–Crippen LogP) is 3.05. The molecular weight excluding hydrogens is 258 g/mol. The molecule has 0 spiro atoms. The van der Waals surface area contributed by atoms with Gasteiger partial charge in [-0.2, -0.15) is 16.7 Å². The molecule has 0 aliphatic heterocycles. The molecule has 2 rings (SSSR count). The molecule has 2 N–H and O–H groups in total. The van der Waals surface area contributed by atoms with E-state index in [9.17, 15) is 0 Å². The van der Waals surface area contributed by atoms with Crippen LogP contribution in [0.15, 0.2) is 28.8 Å². The van der Waals surface area contributed by atoms with Crippen LogP contribution < -0.4 is 5.73 Å². The summed E-state index contributed by atoms with van der Waals surface area (Å²) in [5.74, 6) is 2.12. The Morgan fingerprint density at radius 2 is 2.05 bits per heavy atom. The van der Waals surface area contributed by atoms with Gasteiger partial charge in [-0.25, -0.2) is 0 Å². The van der Waals surface area contributed by atoms with Crippen LogP contribution in [0.2, 0.25) is 0 Å². The van der Waals surface area contributed by atoms with Gasteiger partial charge in [0.25, 0.3) is 0 Å². The van der Waals surface area contributed by atoms with Crippen LogP contribution in [0.3, 0.4) is 0 Å². The number of benzene rings is 1. The highest BCUT2D eigenvalue weighted by molar-refractivity contribution is 7.98. The average Bonchev–Trinajstić information content (AvgIpc) is 2.94. The monoisotopic (exact) mass is 277 g/mol. The van der Waals surface area contributed by atoms with Crippen molar-refractivity contribution in [1.29, 1.82) is 0 Å². The summed E-state index contributed by atoms with van der Waals surface area (Å²) < 4.78 is 5.24. The molecule has 0 saturated heterocycles. The minimum Gasteiger partial charge on any atom is -0.337 e. The normalized spacial score (nSPS) is 12.6. The molecule has 0 saturated carbocycles. The van der Waals surface area contributed by atoms with Gasteiger partial charge in [0.05, 0.1) is 6.04 Å². The van der Waals surface area contributed by atoms with Gasteiger partial charge in [0.15, 0.2) is 0 Å². The zero-order valence-corrected chi connectivity index (χ0v) is 12.1. The predicted molar refractivity (Wildman–Crippen MR) is 79.0 cm³/mol. The fourth-order valence-corrected chi connectivity index (χ4v) is 2.25. The summed E-state index contributed by atoms with van der Waals surface area (Å²) in [6.45, 7) is 2.13. The summed E-state index contributed by atoms with van der Waals surface area (Å²) in [6.07, 6.45) is 3.93. The first kappa shape index (κ1) is 14.1. The zero-order chi connectivity index (χ0) is 13.7. The van der Waals surface area contributed by atoms with Gasteiger partial charge < -0.3 is 10.3 Å². The van der Waals surface area contributed by atoms with Gasteiger partial charge in [0, 0.05) is 5.56 Å². The van der Waals surface area contributed by atoms with Crippen molar-refractivity contribution in [2.24, 2.45) is 5.73 Å². The van der Waals surface area contributed by atoms with Crippen molar-refractivity contribution >= 4 is 11.8 Å². The van der Waals surface area contributed by atoms with E-state index in [0.717, 1.165) is 24.2 Å².